The zero-order valence-electron chi connectivity index (χ0n) is 16.9. The number of nitrogens with zero attached hydrogens (tertiary/aromatic N) is 1. The van der Waals surface area contributed by atoms with E-state index in [9.17, 15) is 13.2 Å². The van der Waals surface area contributed by atoms with Crippen LogP contribution in [-0.2, 0) is 27.7 Å². The van der Waals surface area contributed by atoms with Crippen molar-refractivity contribution in [2.45, 2.75) is 25.8 Å². The number of nitrogens with one attached hydrogen (secondary N) is 2. The summed E-state index contributed by atoms with van der Waals surface area (Å²) in [7, 11) is 0.561. The number of likely N-dealkylation sites (N-methyl/N-ethyl adjacent to an activating group) is 1. The first-order chi connectivity index (χ1) is 13.2. The number of hydrogen-bond donors (Lipinski definition) is 2. The van der Waals surface area contributed by atoms with Gasteiger partial charge in [0, 0.05) is 6.54 Å². The second kappa shape index (κ2) is 9.71. The molecule has 0 aliphatic rings. The summed E-state index contributed by atoms with van der Waals surface area (Å²) in [5.41, 5.74) is 3.49. The Morgan fingerprint density at radius 2 is 1.71 bits per heavy atom. The van der Waals surface area contributed by atoms with Crippen LogP contribution in [0.5, 0.6) is 0 Å². The molecule has 28 heavy (non-hydrogen) atoms. The molecule has 0 bridgehead atoms. The number of anilines is 1. The van der Waals surface area contributed by atoms with E-state index in [1.54, 1.807) is 24.3 Å². The maximum atomic E-state index is 12.5. The molecule has 0 radical (unpaired) electrons. The molecule has 0 spiro atoms. The molecule has 1 amide bonds. The van der Waals surface area contributed by atoms with Crippen molar-refractivity contribution >= 4 is 21.6 Å². The van der Waals surface area contributed by atoms with Crippen LogP contribution in [0.1, 0.15) is 29.7 Å². The highest BCUT2D eigenvalue weighted by Crippen LogP contribution is 2.19. The molecule has 0 aliphatic carbocycles. The van der Waals surface area contributed by atoms with E-state index in [0.717, 1.165) is 18.2 Å². The number of para-hydroxylation sites is 1. The van der Waals surface area contributed by atoms with Crippen molar-refractivity contribution in [1.29, 1.82) is 0 Å². The van der Waals surface area contributed by atoms with Crippen LogP contribution in [0.4, 0.5) is 5.69 Å². The van der Waals surface area contributed by atoms with E-state index in [2.05, 4.69) is 46.1 Å². The lowest BCUT2D eigenvalue weighted by Crippen LogP contribution is -2.35. The van der Waals surface area contributed by atoms with Gasteiger partial charge in [0.15, 0.2) is 0 Å². The van der Waals surface area contributed by atoms with Gasteiger partial charge in [-0.15, -0.1) is 0 Å². The molecule has 7 heteroatoms. The van der Waals surface area contributed by atoms with Crippen molar-refractivity contribution in [3.05, 3.63) is 65.2 Å². The van der Waals surface area contributed by atoms with Gasteiger partial charge in [-0.25, -0.2) is 8.42 Å². The van der Waals surface area contributed by atoms with Crippen molar-refractivity contribution in [2.24, 2.45) is 0 Å². The summed E-state index contributed by atoms with van der Waals surface area (Å²) >= 11 is 0. The summed E-state index contributed by atoms with van der Waals surface area (Å²) in [5.74, 6) is -0.153. The van der Waals surface area contributed by atoms with Crippen LogP contribution in [0.15, 0.2) is 48.5 Å². The minimum atomic E-state index is -3.40. The average molecular weight is 404 g/mol. The second-order valence-corrected chi connectivity index (χ2v) is 8.84. The summed E-state index contributed by atoms with van der Waals surface area (Å²) in [6, 6.07) is 15.4. The molecule has 1 atom stereocenters. The van der Waals surface area contributed by atoms with Gasteiger partial charge in [-0.05, 0) is 43.3 Å². The van der Waals surface area contributed by atoms with Gasteiger partial charge >= 0.3 is 0 Å². The van der Waals surface area contributed by atoms with Gasteiger partial charge in [0.05, 0.1) is 24.4 Å². The molecular weight excluding hydrogens is 374 g/mol. The monoisotopic (exact) mass is 403 g/mol. The first-order valence-corrected chi connectivity index (χ1v) is 11.2. The lowest BCUT2D eigenvalue weighted by molar-refractivity contribution is -0.120. The molecule has 2 N–H and O–H groups in total. The molecule has 1 unspecified atom stereocenters. The predicted molar refractivity (Wildman–Crippen MR) is 114 cm³/mol. The lowest BCUT2D eigenvalue weighted by atomic mass is 10.0. The Morgan fingerprint density at radius 3 is 2.29 bits per heavy atom. The SMILES string of the molecule is CCc1ccc(C(CNC(=O)Cc2ccccc2NS(C)(=O)=O)N(C)C)cc1. The van der Waals surface area contributed by atoms with Crippen molar-refractivity contribution < 1.29 is 13.2 Å². The number of rotatable bonds is 9. The van der Waals surface area contributed by atoms with Crippen LogP contribution in [0, 0.1) is 0 Å². The summed E-state index contributed by atoms with van der Waals surface area (Å²) in [6.07, 6.45) is 2.19. The van der Waals surface area contributed by atoms with Gasteiger partial charge in [-0.2, -0.15) is 0 Å². The van der Waals surface area contributed by atoms with Gasteiger partial charge < -0.3 is 10.2 Å². The fourth-order valence-electron chi connectivity index (χ4n) is 2.99. The standard InChI is InChI=1S/C21H29N3O3S/c1-5-16-10-12-17(13-11-16)20(24(2)3)15-22-21(25)14-18-8-6-7-9-19(18)23-28(4,26)27/h6-13,20,23H,5,14-15H2,1-4H3,(H,22,25). The van der Waals surface area contributed by atoms with Gasteiger partial charge in [0.1, 0.15) is 0 Å². The maximum absolute atomic E-state index is 12.5. The van der Waals surface area contributed by atoms with Crippen molar-refractivity contribution in [3.63, 3.8) is 0 Å². The normalized spacial score (nSPS) is 12.6. The highest BCUT2D eigenvalue weighted by molar-refractivity contribution is 7.92. The van der Waals surface area contributed by atoms with E-state index in [1.807, 2.05) is 14.1 Å². The molecule has 6 nitrogen and oxygen atoms in total. The molecule has 2 aromatic carbocycles. The Bertz CT molecular complexity index is 893. The number of carbonyl (C=O) groups is 1. The third-order valence-corrected chi connectivity index (χ3v) is 5.14. The molecule has 2 aromatic rings. The number of benzene rings is 2. The Balaban J connectivity index is 2.04. The number of aryl methyl sites for hydroxylation is 1. The summed E-state index contributed by atoms with van der Waals surface area (Å²) in [4.78, 5) is 14.6. The molecular formula is C21H29N3O3S. The molecule has 152 valence electrons. The third-order valence-electron chi connectivity index (χ3n) is 4.55. The molecule has 0 heterocycles. The van der Waals surface area contributed by atoms with Crippen molar-refractivity contribution in [2.75, 3.05) is 31.6 Å². The highest BCUT2D eigenvalue weighted by Gasteiger charge is 2.16. The first kappa shape index (κ1) is 21.9. The van der Waals surface area contributed by atoms with E-state index in [0.29, 0.717) is 17.8 Å². The second-order valence-electron chi connectivity index (χ2n) is 7.09. The number of carbonyl (C=O) groups excluding carboxylic acids is 1. The number of hydrogen-bond acceptors (Lipinski definition) is 4. The van der Waals surface area contributed by atoms with Crippen LogP contribution in [0.2, 0.25) is 0 Å². The lowest BCUT2D eigenvalue weighted by Gasteiger charge is -2.25. The zero-order valence-corrected chi connectivity index (χ0v) is 17.7. The molecule has 0 saturated carbocycles. The van der Waals surface area contributed by atoms with E-state index >= 15 is 0 Å². The zero-order chi connectivity index (χ0) is 20.7. The molecule has 0 saturated heterocycles. The fourth-order valence-corrected chi connectivity index (χ4v) is 3.59. The Kier molecular flexibility index (Phi) is 7.60. The molecule has 0 fully saturated rings. The van der Waals surface area contributed by atoms with Gasteiger partial charge in [0.25, 0.3) is 0 Å². The fraction of sp³-hybridized carbons (Fsp3) is 0.381. The van der Waals surface area contributed by atoms with Crippen LogP contribution in [0.3, 0.4) is 0 Å². The minimum absolute atomic E-state index is 0.0549. The average Bonchev–Trinajstić information content (AvgIpc) is 2.62. The first-order valence-electron chi connectivity index (χ1n) is 9.27. The summed E-state index contributed by atoms with van der Waals surface area (Å²) in [5, 5.41) is 2.97. The predicted octanol–water partition coefficient (Wildman–Crippen LogP) is 2.58. The van der Waals surface area contributed by atoms with E-state index in [4.69, 9.17) is 0 Å². The van der Waals surface area contributed by atoms with Gasteiger partial charge in [0.2, 0.25) is 15.9 Å². The highest BCUT2D eigenvalue weighted by atomic mass is 32.2. The Morgan fingerprint density at radius 1 is 1.07 bits per heavy atom. The smallest absolute Gasteiger partial charge is 0.229 e. The van der Waals surface area contributed by atoms with E-state index < -0.39 is 10.0 Å². The topological polar surface area (TPSA) is 78.5 Å². The largest absolute Gasteiger partial charge is 0.354 e. The molecule has 0 aromatic heterocycles. The molecule has 2 rings (SSSR count). The van der Waals surface area contributed by atoms with Crippen LogP contribution in [-0.4, -0.2) is 46.1 Å². The van der Waals surface area contributed by atoms with Crippen LogP contribution in [0.25, 0.3) is 0 Å². The maximum Gasteiger partial charge on any atom is 0.229 e. The Labute approximate surface area is 168 Å². The molecule has 0 aliphatic heterocycles. The van der Waals surface area contributed by atoms with Crippen molar-refractivity contribution in [3.8, 4) is 0 Å². The number of sulfonamides is 1. The Hall–Kier alpha value is -2.38. The summed E-state index contributed by atoms with van der Waals surface area (Å²) < 4.78 is 25.5. The van der Waals surface area contributed by atoms with Gasteiger partial charge in [-0.3, -0.25) is 9.52 Å². The quantitative estimate of drug-likeness (QED) is 0.675. The van der Waals surface area contributed by atoms with Crippen molar-refractivity contribution in [1.82, 2.24) is 10.2 Å². The van der Waals surface area contributed by atoms with E-state index in [1.165, 1.54) is 5.56 Å². The van der Waals surface area contributed by atoms with Crippen LogP contribution >= 0.6 is 0 Å². The number of amides is 1. The third kappa shape index (κ3) is 6.65. The van der Waals surface area contributed by atoms with E-state index in [-0.39, 0.29) is 18.4 Å². The van der Waals surface area contributed by atoms with Gasteiger partial charge in [-0.1, -0.05) is 49.4 Å². The van der Waals surface area contributed by atoms with Crippen LogP contribution < -0.4 is 10.0 Å². The summed E-state index contributed by atoms with van der Waals surface area (Å²) in [6.45, 7) is 2.59. The minimum Gasteiger partial charge on any atom is -0.354 e.